The van der Waals surface area contributed by atoms with Crippen molar-refractivity contribution in [2.45, 2.75) is 26.8 Å². The number of carbonyl (C=O) groups is 1. The number of halogens is 1. The van der Waals surface area contributed by atoms with E-state index in [1.54, 1.807) is 18.4 Å². The zero-order valence-electron chi connectivity index (χ0n) is 13.3. The second-order valence-corrected chi connectivity index (χ2v) is 9.27. The Morgan fingerprint density at radius 1 is 1.58 bits per heavy atom. The topological polar surface area (TPSA) is 144 Å². The van der Waals surface area contributed by atoms with E-state index in [1.165, 1.54) is 12.4 Å². The van der Waals surface area contributed by atoms with E-state index in [0.717, 1.165) is 5.57 Å². The number of fused-ring (bicyclic) bond motifs is 1. The van der Waals surface area contributed by atoms with Gasteiger partial charge in [-0.3, -0.25) is 0 Å². The van der Waals surface area contributed by atoms with Crippen LogP contribution in [0.4, 0.5) is 5.82 Å². The number of aliphatic imine (C=N–C) groups is 1. The number of nitrogens with one attached hydrogen (secondary N) is 1. The van der Waals surface area contributed by atoms with E-state index in [1.807, 2.05) is 0 Å². The van der Waals surface area contributed by atoms with E-state index in [-0.39, 0.29) is 21.9 Å². The molecule has 1 aromatic rings. The van der Waals surface area contributed by atoms with Gasteiger partial charge in [-0.25, -0.2) is 0 Å². The summed E-state index contributed by atoms with van der Waals surface area (Å²) in [4.78, 5) is 19.3. The van der Waals surface area contributed by atoms with Gasteiger partial charge < -0.3 is 0 Å². The first-order chi connectivity index (χ1) is 11.4. The molecule has 1 atom stereocenters. The predicted octanol–water partition coefficient (Wildman–Crippen LogP) is 0.426. The summed E-state index contributed by atoms with van der Waals surface area (Å²) in [6.07, 6.45) is 1.72. The number of anilines is 1. The number of carbonyl (C=O) groups excluding carboxylic acids is 1. The molecule has 1 unspecified atom stereocenters. The molecule has 1 aliphatic heterocycles. The van der Waals surface area contributed by atoms with Crippen LogP contribution in [-0.2, 0) is 19.3 Å². The summed E-state index contributed by atoms with van der Waals surface area (Å²) in [5, 5.41) is 22.0. The third kappa shape index (κ3) is 4.90. The summed E-state index contributed by atoms with van der Waals surface area (Å²) in [5.74, 6) is 0.0957. The molecule has 11 heteroatoms. The summed E-state index contributed by atoms with van der Waals surface area (Å²) in [5.41, 5.74) is 6.75. The Labute approximate surface area is 146 Å². The molecule has 10 nitrogen and oxygen atoms in total. The molecule has 0 aliphatic carbocycles. The van der Waals surface area contributed by atoms with Crippen LogP contribution in [0.15, 0.2) is 23.0 Å². The number of nitrogens with two attached hydrogens (primary N) is 1. The molecule has 0 saturated heterocycles. The first kappa shape index (κ1) is 18.6. The Morgan fingerprint density at radius 3 is 3.00 bits per heavy atom. The molecule has 0 radical (unpaired) electrons. The number of hydrogen-bond acceptors (Lipinski definition) is 9. The van der Waals surface area contributed by atoms with Crippen molar-refractivity contribution in [2.75, 3.05) is 14.5 Å². The number of ether oxygens (including phenoxy) is 1. The maximum absolute atomic E-state index is 11.5. The molecule has 24 heavy (non-hydrogen) atoms. The van der Waals surface area contributed by atoms with Gasteiger partial charge >= 0.3 is 146 Å². The Hall–Kier alpha value is -1.70. The standard InChI is InChI=1S/C13H20IN5O5/c1-8(2)3-9(21)23-5-14(4-20)24-7-19-6-16-10-11(19)17-13(15)18-12(10)22/h3,6,12,20,22H,4-5,7H2,1-2H3,(H3,15,17,18). The Bertz CT molecular complexity index is 655. The van der Waals surface area contributed by atoms with Crippen molar-refractivity contribution in [3.8, 4) is 0 Å². The number of allylic oxidation sites excluding steroid dienone is 1. The molecule has 0 aromatic carbocycles. The fourth-order valence-electron chi connectivity index (χ4n) is 1.78. The van der Waals surface area contributed by atoms with E-state index in [0.29, 0.717) is 11.5 Å². The molecule has 0 spiro atoms. The Balaban J connectivity index is 1.91. The van der Waals surface area contributed by atoms with Gasteiger partial charge in [0.2, 0.25) is 0 Å². The van der Waals surface area contributed by atoms with Gasteiger partial charge in [0.1, 0.15) is 0 Å². The van der Waals surface area contributed by atoms with E-state index in [4.69, 9.17) is 13.5 Å². The molecule has 2 rings (SSSR count). The molecule has 0 bridgehead atoms. The van der Waals surface area contributed by atoms with Crippen LogP contribution >= 0.6 is 20.2 Å². The van der Waals surface area contributed by atoms with Crippen LogP contribution in [-0.4, -0.2) is 40.9 Å². The minimum atomic E-state index is -2.33. The molecule has 134 valence electrons. The van der Waals surface area contributed by atoms with Crippen molar-refractivity contribution in [3.05, 3.63) is 23.7 Å². The van der Waals surface area contributed by atoms with E-state index >= 15 is 0 Å². The molecular weight excluding hydrogens is 433 g/mol. The average molecular weight is 453 g/mol. The summed E-state index contributed by atoms with van der Waals surface area (Å²) < 4.78 is 12.2. The van der Waals surface area contributed by atoms with Crippen LogP contribution in [0, 0.1) is 0 Å². The molecule has 2 heterocycles. The second-order valence-electron chi connectivity index (χ2n) is 5.02. The number of imidazole rings is 1. The number of aliphatic hydroxyl groups is 2. The molecule has 1 aliphatic rings. The van der Waals surface area contributed by atoms with Crippen molar-refractivity contribution in [1.29, 1.82) is 0 Å². The SMILES string of the molecule is CC(C)=CC(=O)OCI(CO)OCn1cnc2c1NC(N)=NC2O. The van der Waals surface area contributed by atoms with Crippen molar-refractivity contribution in [1.82, 2.24) is 9.55 Å². The third-order valence-corrected chi connectivity index (χ3v) is 5.75. The fraction of sp³-hybridized carbons (Fsp3) is 0.462. The van der Waals surface area contributed by atoms with Gasteiger partial charge in [0.15, 0.2) is 0 Å². The quantitative estimate of drug-likeness (QED) is 0.201. The van der Waals surface area contributed by atoms with Crippen LogP contribution in [0.2, 0.25) is 0 Å². The van der Waals surface area contributed by atoms with Crippen LogP contribution < -0.4 is 11.1 Å². The average Bonchev–Trinajstić information content (AvgIpc) is 2.90. The van der Waals surface area contributed by atoms with Crippen LogP contribution in [0.5, 0.6) is 0 Å². The number of alkyl halides is 2. The Kier molecular flexibility index (Phi) is 6.53. The van der Waals surface area contributed by atoms with Gasteiger partial charge in [-0.2, -0.15) is 0 Å². The Morgan fingerprint density at radius 2 is 2.33 bits per heavy atom. The monoisotopic (exact) mass is 453 g/mol. The van der Waals surface area contributed by atoms with Crippen LogP contribution in [0.25, 0.3) is 0 Å². The van der Waals surface area contributed by atoms with E-state index < -0.39 is 32.4 Å². The van der Waals surface area contributed by atoms with Crippen LogP contribution in [0.1, 0.15) is 25.8 Å². The normalized spacial score (nSPS) is 16.6. The maximum atomic E-state index is 11.5. The molecule has 5 N–H and O–H groups in total. The molecule has 0 saturated carbocycles. The summed E-state index contributed by atoms with van der Waals surface area (Å²) in [6.45, 7) is 3.67. The summed E-state index contributed by atoms with van der Waals surface area (Å²) in [7, 11) is 0. The molecule has 0 amide bonds. The molecule has 0 fully saturated rings. The number of esters is 1. The first-order valence-electron chi connectivity index (χ1n) is 6.92. The van der Waals surface area contributed by atoms with Crippen molar-refractivity contribution in [2.24, 2.45) is 10.7 Å². The van der Waals surface area contributed by atoms with Gasteiger partial charge in [-0.05, 0) is 0 Å². The number of nitrogens with zero attached hydrogens (tertiary/aromatic N) is 3. The minimum absolute atomic E-state index is 0.0690. The van der Waals surface area contributed by atoms with Gasteiger partial charge in [-0.15, -0.1) is 0 Å². The predicted molar refractivity (Wildman–Crippen MR) is 95.0 cm³/mol. The summed E-state index contributed by atoms with van der Waals surface area (Å²) in [6, 6.07) is 0. The van der Waals surface area contributed by atoms with Gasteiger partial charge in [0, 0.05) is 0 Å². The van der Waals surface area contributed by atoms with Gasteiger partial charge in [-0.1, -0.05) is 0 Å². The van der Waals surface area contributed by atoms with Crippen molar-refractivity contribution in [3.63, 3.8) is 0 Å². The molecule has 1 aromatic heterocycles. The number of rotatable bonds is 7. The van der Waals surface area contributed by atoms with Crippen molar-refractivity contribution >= 4 is 38.0 Å². The number of aliphatic hydroxyl groups excluding tert-OH is 2. The van der Waals surface area contributed by atoms with Gasteiger partial charge in [0.25, 0.3) is 0 Å². The first-order valence-corrected chi connectivity index (χ1v) is 10.8. The van der Waals surface area contributed by atoms with E-state index in [9.17, 15) is 15.0 Å². The molecular formula is C13H20IN5O5. The number of hydrogen-bond donors (Lipinski definition) is 4. The zero-order chi connectivity index (χ0) is 17.7. The van der Waals surface area contributed by atoms with Crippen molar-refractivity contribution < 1.29 is 22.8 Å². The van der Waals surface area contributed by atoms with E-state index in [2.05, 4.69) is 15.3 Å². The fourth-order valence-corrected chi connectivity index (χ4v) is 3.70. The number of aromatic nitrogens is 2. The summed E-state index contributed by atoms with van der Waals surface area (Å²) >= 11 is -2.33. The second kappa shape index (κ2) is 8.41. The number of guanidine groups is 1. The van der Waals surface area contributed by atoms with Gasteiger partial charge in [0.05, 0.1) is 0 Å². The van der Waals surface area contributed by atoms with Crippen LogP contribution in [0.3, 0.4) is 0 Å². The third-order valence-electron chi connectivity index (χ3n) is 2.82. The zero-order valence-corrected chi connectivity index (χ0v) is 15.4.